The monoisotopic (exact) mass is 227 g/mol. The van der Waals surface area contributed by atoms with Gasteiger partial charge in [-0.2, -0.15) is 0 Å². The van der Waals surface area contributed by atoms with E-state index >= 15 is 0 Å². The molecule has 0 unspecified atom stereocenters. The van der Waals surface area contributed by atoms with Crippen molar-refractivity contribution in [3.05, 3.63) is 59.7 Å². The van der Waals surface area contributed by atoms with Crippen molar-refractivity contribution in [2.45, 2.75) is 6.61 Å². The normalized spacial score (nSPS) is 9.94. The molecule has 0 bridgehead atoms. The quantitative estimate of drug-likeness (QED) is 0.789. The fraction of sp³-hybridized carbons (Fsp3) is 0.0714. The van der Waals surface area contributed by atoms with E-state index in [1.165, 1.54) is 0 Å². The van der Waals surface area contributed by atoms with Crippen molar-refractivity contribution in [2.75, 3.05) is 5.32 Å². The molecule has 0 aliphatic heterocycles. The molecular formula is C14H13NO2. The van der Waals surface area contributed by atoms with Gasteiger partial charge in [0.05, 0.1) is 6.61 Å². The molecular weight excluding hydrogens is 214 g/mol. The summed E-state index contributed by atoms with van der Waals surface area (Å²) < 4.78 is 0. The summed E-state index contributed by atoms with van der Waals surface area (Å²) in [5, 5.41) is 12.4. The summed E-state index contributed by atoms with van der Waals surface area (Å²) >= 11 is 0. The number of nitrogens with one attached hydrogen (secondary N) is 1. The minimum Gasteiger partial charge on any atom is -0.392 e. The number of hydrogen-bond donors (Lipinski definition) is 2. The standard InChI is InChI=1S/C14H13NO2/c16-9-11-5-1-3-7-13(11)15-14-8-4-2-6-12(14)10-17/h1-9,15,17H,10H2. The number of carbonyl (C=O) groups is 1. The van der Waals surface area contributed by atoms with Crippen LogP contribution in [0.1, 0.15) is 15.9 Å². The third kappa shape index (κ3) is 2.52. The first-order valence-corrected chi connectivity index (χ1v) is 5.35. The van der Waals surface area contributed by atoms with Crippen LogP contribution in [-0.2, 0) is 6.61 Å². The number of rotatable bonds is 4. The predicted molar refractivity (Wildman–Crippen MR) is 67.5 cm³/mol. The molecule has 0 fully saturated rings. The molecule has 0 spiro atoms. The van der Waals surface area contributed by atoms with Crippen molar-refractivity contribution in [2.24, 2.45) is 0 Å². The number of aldehydes is 1. The summed E-state index contributed by atoms with van der Waals surface area (Å²) in [7, 11) is 0. The van der Waals surface area contributed by atoms with Gasteiger partial charge in [-0.05, 0) is 18.2 Å². The summed E-state index contributed by atoms with van der Waals surface area (Å²) in [6, 6.07) is 14.7. The van der Waals surface area contributed by atoms with Gasteiger partial charge in [0, 0.05) is 22.5 Å². The van der Waals surface area contributed by atoms with Crippen LogP contribution in [0.4, 0.5) is 11.4 Å². The van der Waals surface area contributed by atoms with Gasteiger partial charge in [-0.25, -0.2) is 0 Å². The van der Waals surface area contributed by atoms with E-state index in [1.807, 2.05) is 42.5 Å². The highest BCUT2D eigenvalue weighted by Gasteiger charge is 2.03. The molecule has 0 radical (unpaired) electrons. The highest BCUT2D eigenvalue weighted by Crippen LogP contribution is 2.22. The number of hydrogen-bond acceptors (Lipinski definition) is 3. The van der Waals surface area contributed by atoms with Crippen molar-refractivity contribution in [1.82, 2.24) is 0 Å². The number of benzene rings is 2. The molecule has 17 heavy (non-hydrogen) atoms. The highest BCUT2D eigenvalue weighted by atomic mass is 16.3. The third-order valence-corrected chi connectivity index (χ3v) is 2.54. The molecule has 3 nitrogen and oxygen atoms in total. The molecule has 2 aromatic carbocycles. The van der Waals surface area contributed by atoms with E-state index in [9.17, 15) is 9.90 Å². The molecule has 0 aliphatic carbocycles. The first-order chi connectivity index (χ1) is 8.35. The molecule has 2 rings (SSSR count). The van der Waals surface area contributed by atoms with Gasteiger partial charge >= 0.3 is 0 Å². The lowest BCUT2D eigenvalue weighted by Gasteiger charge is -2.11. The van der Waals surface area contributed by atoms with Crippen LogP contribution in [0, 0.1) is 0 Å². The average molecular weight is 227 g/mol. The first kappa shape index (κ1) is 11.4. The van der Waals surface area contributed by atoms with Crippen LogP contribution in [0.5, 0.6) is 0 Å². The van der Waals surface area contributed by atoms with Crippen molar-refractivity contribution < 1.29 is 9.90 Å². The predicted octanol–water partition coefficient (Wildman–Crippen LogP) is 2.74. The average Bonchev–Trinajstić information content (AvgIpc) is 2.40. The van der Waals surface area contributed by atoms with Crippen LogP contribution in [0.3, 0.4) is 0 Å². The second-order valence-electron chi connectivity index (χ2n) is 3.65. The molecule has 0 heterocycles. The Balaban J connectivity index is 2.34. The lowest BCUT2D eigenvalue weighted by Crippen LogP contribution is -1.98. The lowest BCUT2D eigenvalue weighted by molar-refractivity contribution is 0.112. The first-order valence-electron chi connectivity index (χ1n) is 5.35. The summed E-state index contributed by atoms with van der Waals surface area (Å²) in [5.74, 6) is 0. The Kier molecular flexibility index (Phi) is 3.52. The molecule has 86 valence electrons. The fourth-order valence-corrected chi connectivity index (χ4v) is 1.64. The lowest BCUT2D eigenvalue weighted by atomic mass is 10.1. The van der Waals surface area contributed by atoms with Crippen LogP contribution in [0.2, 0.25) is 0 Å². The zero-order valence-electron chi connectivity index (χ0n) is 9.26. The van der Waals surface area contributed by atoms with Crippen LogP contribution >= 0.6 is 0 Å². The Bertz CT molecular complexity index is 523. The molecule has 0 aliphatic rings. The maximum Gasteiger partial charge on any atom is 0.152 e. The fourth-order valence-electron chi connectivity index (χ4n) is 1.64. The molecule has 0 saturated carbocycles. The van der Waals surface area contributed by atoms with Crippen molar-refractivity contribution in [1.29, 1.82) is 0 Å². The smallest absolute Gasteiger partial charge is 0.152 e. The molecule has 0 amide bonds. The van der Waals surface area contributed by atoms with Crippen LogP contribution in [0.25, 0.3) is 0 Å². The number of aliphatic hydroxyl groups excluding tert-OH is 1. The van der Waals surface area contributed by atoms with Gasteiger partial charge in [-0.15, -0.1) is 0 Å². The number of aliphatic hydroxyl groups is 1. The van der Waals surface area contributed by atoms with E-state index in [4.69, 9.17) is 0 Å². The molecule has 0 atom stereocenters. The Morgan fingerprint density at radius 2 is 1.65 bits per heavy atom. The third-order valence-electron chi connectivity index (χ3n) is 2.54. The maximum atomic E-state index is 10.9. The van der Waals surface area contributed by atoms with Gasteiger partial charge in [-0.1, -0.05) is 30.3 Å². The Labute approximate surface area is 99.7 Å². The molecule has 0 aromatic heterocycles. The van der Waals surface area contributed by atoms with E-state index in [1.54, 1.807) is 6.07 Å². The van der Waals surface area contributed by atoms with Crippen LogP contribution in [-0.4, -0.2) is 11.4 Å². The van der Waals surface area contributed by atoms with Crippen LogP contribution in [0.15, 0.2) is 48.5 Å². The SMILES string of the molecule is O=Cc1ccccc1Nc1ccccc1CO. The zero-order chi connectivity index (χ0) is 12.1. The van der Waals surface area contributed by atoms with Crippen molar-refractivity contribution >= 4 is 17.7 Å². The van der Waals surface area contributed by atoms with E-state index in [0.29, 0.717) is 5.56 Å². The second kappa shape index (κ2) is 5.27. The molecule has 0 saturated heterocycles. The van der Waals surface area contributed by atoms with Gasteiger partial charge in [0.25, 0.3) is 0 Å². The molecule has 2 aromatic rings. The Morgan fingerprint density at radius 3 is 2.35 bits per heavy atom. The van der Waals surface area contributed by atoms with Crippen LogP contribution < -0.4 is 5.32 Å². The highest BCUT2D eigenvalue weighted by molar-refractivity contribution is 5.86. The summed E-state index contributed by atoms with van der Waals surface area (Å²) in [6.07, 6.45) is 0.809. The van der Waals surface area contributed by atoms with Crippen molar-refractivity contribution in [3.8, 4) is 0 Å². The number of carbonyl (C=O) groups excluding carboxylic acids is 1. The molecule has 3 heteroatoms. The topological polar surface area (TPSA) is 49.3 Å². The van der Waals surface area contributed by atoms with Gasteiger partial charge in [0.2, 0.25) is 0 Å². The zero-order valence-corrected chi connectivity index (χ0v) is 9.26. The van der Waals surface area contributed by atoms with Gasteiger partial charge in [0.15, 0.2) is 6.29 Å². The van der Waals surface area contributed by atoms with E-state index in [-0.39, 0.29) is 6.61 Å². The second-order valence-corrected chi connectivity index (χ2v) is 3.65. The largest absolute Gasteiger partial charge is 0.392 e. The van der Waals surface area contributed by atoms with Crippen molar-refractivity contribution in [3.63, 3.8) is 0 Å². The Morgan fingerprint density at radius 1 is 1.00 bits per heavy atom. The number of anilines is 2. The number of para-hydroxylation sites is 2. The van der Waals surface area contributed by atoms with E-state index in [2.05, 4.69) is 5.32 Å². The van der Waals surface area contributed by atoms with E-state index in [0.717, 1.165) is 23.2 Å². The summed E-state index contributed by atoms with van der Waals surface area (Å²) in [6.45, 7) is -0.0353. The Hall–Kier alpha value is -2.13. The van der Waals surface area contributed by atoms with Gasteiger partial charge in [-0.3, -0.25) is 4.79 Å². The van der Waals surface area contributed by atoms with E-state index < -0.39 is 0 Å². The maximum absolute atomic E-state index is 10.9. The summed E-state index contributed by atoms with van der Waals surface area (Å²) in [5.41, 5.74) is 2.95. The minimum absolute atomic E-state index is 0.0353. The minimum atomic E-state index is -0.0353. The summed E-state index contributed by atoms with van der Waals surface area (Å²) in [4.78, 5) is 10.9. The van der Waals surface area contributed by atoms with Gasteiger partial charge < -0.3 is 10.4 Å². The van der Waals surface area contributed by atoms with Gasteiger partial charge in [0.1, 0.15) is 0 Å². The molecule has 2 N–H and O–H groups in total.